The topological polar surface area (TPSA) is 20.2 Å². The fraction of sp³-hybridized carbons (Fsp3) is 1.00. The first-order valence-corrected chi connectivity index (χ1v) is 5.40. The second kappa shape index (κ2) is 4.27. The van der Waals surface area contributed by atoms with Crippen molar-refractivity contribution in [3.63, 3.8) is 0 Å². The quantitative estimate of drug-likeness (QED) is 0.672. The molecule has 1 aliphatic carbocycles. The third kappa shape index (κ3) is 2.22. The highest BCUT2D eigenvalue weighted by atomic mass is 16.3. The molecule has 1 fully saturated rings. The molecule has 1 rings (SSSR count). The van der Waals surface area contributed by atoms with Crippen LogP contribution in [0.25, 0.3) is 0 Å². The van der Waals surface area contributed by atoms with Gasteiger partial charge in [-0.1, -0.05) is 33.1 Å². The van der Waals surface area contributed by atoms with Crippen LogP contribution < -0.4 is 0 Å². The van der Waals surface area contributed by atoms with Gasteiger partial charge in [-0.2, -0.15) is 0 Å². The Kier molecular flexibility index (Phi) is 3.57. The monoisotopic (exact) mass is 170 g/mol. The fourth-order valence-electron chi connectivity index (χ4n) is 2.56. The average Bonchev–Trinajstić information content (AvgIpc) is 1.98. The molecule has 0 aromatic heterocycles. The molecule has 0 bridgehead atoms. The predicted octanol–water partition coefficient (Wildman–Crippen LogP) is 3.12. The van der Waals surface area contributed by atoms with E-state index in [1.54, 1.807) is 0 Å². The van der Waals surface area contributed by atoms with E-state index < -0.39 is 0 Å². The van der Waals surface area contributed by atoms with Gasteiger partial charge in [0.15, 0.2) is 0 Å². The number of hydrogen-bond donors (Lipinski definition) is 1. The van der Waals surface area contributed by atoms with Gasteiger partial charge in [-0.3, -0.25) is 0 Å². The molecule has 12 heavy (non-hydrogen) atoms. The summed E-state index contributed by atoms with van der Waals surface area (Å²) in [6.07, 6.45) is 8.73. The number of aliphatic hydroxyl groups is 1. The largest absolute Gasteiger partial charge is 0.393 e. The summed E-state index contributed by atoms with van der Waals surface area (Å²) in [5, 5.41) is 9.31. The molecule has 0 atom stereocenters. The van der Waals surface area contributed by atoms with Crippen molar-refractivity contribution in [2.45, 2.75) is 64.9 Å². The van der Waals surface area contributed by atoms with Crippen molar-refractivity contribution in [3.05, 3.63) is 0 Å². The van der Waals surface area contributed by atoms with Crippen LogP contribution in [0.2, 0.25) is 0 Å². The maximum atomic E-state index is 9.31. The van der Waals surface area contributed by atoms with Crippen molar-refractivity contribution in [2.24, 2.45) is 5.41 Å². The third-order valence-electron chi connectivity index (χ3n) is 3.18. The summed E-state index contributed by atoms with van der Waals surface area (Å²) in [6.45, 7) is 4.49. The molecule has 0 unspecified atom stereocenters. The van der Waals surface area contributed by atoms with Crippen LogP contribution in [0, 0.1) is 5.41 Å². The summed E-state index contributed by atoms with van der Waals surface area (Å²) in [7, 11) is 0. The predicted molar refractivity (Wildman–Crippen MR) is 52.1 cm³/mol. The van der Waals surface area contributed by atoms with Crippen molar-refractivity contribution in [1.82, 2.24) is 0 Å². The van der Waals surface area contributed by atoms with E-state index in [1.165, 1.54) is 32.1 Å². The maximum absolute atomic E-state index is 9.31. The van der Waals surface area contributed by atoms with E-state index in [4.69, 9.17) is 0 Å². The number of aliphatic hydroxyl groups excluding tert-OH is 1. The molecular weight excluding hydrogens is 148 g/mol. The summed E-state index contributed by atoms with van der Waals surface area (Å²) in [4.78, 5) is 0. The van der Waals surface area contributed by atoms with Gasteiger partial charge in [-0.05, 0) is 31.1 Å². The van der Waals surface area contributed by atoms with E-state index in [-0.39, 0.29) is 6.10 Å². The smallest absolute Gasteiger partial charge is 0.0550 e. The van der Waals surface area contributed by atoms with Crippen molar-refractivity contribution >= 4 is 0 Å². The van der Waals surface area contributed by atoms with Gasteiger partial charge in [-0.25, -0.2) is 0 Å². The number of hydrogen-bond acceptors (Lipinski definition) is 1. The lowest BCUT2D eigenvalue weighted by molar-refractivity contribution is -0.0442. The average molecular weight is 170 g/mol. The lowest BCUT2D eigenvalue weighted by Gasteiger charge is -2.46. The van der Waals surface area contributed by atoms with E-state index in [0.717, 1.165) is 12.8 Å². The SMILES string of the molecule is CCCCC1(CCC)CC(O)C1. The van der Waals surface area contributed by atoms with Gasteiger partial charge < -0.3 is 5.11 Å². The molecule has 0 aromatic rings. The van der Waals surface area contributed by atoms with Gasteiger partial charge in [0.25, 0.3) is 0 Å². The standard InChI is InChI=1S/C11H22O/c1-3-5-7-11(6-4-2)8-10(12)9-11/h10,12H,3-9H2,1-2H3. The van der Waals surface area contributed by atoms with Crippen LogP contribution in [-0.4, -0.2) is 11.2 Å². The Morgan fingerprint density at radius 1 is 1.17 bits per heavy atom. The zero-order valence-corrected chi connectivity index (χ0v) is 8.47. The summed E-state index contributed by atoms with van der Waals surface area (Å²) in [6, 6.07) is 0. The number of unbranched alkanes of at least 4 members (excludes halogenated alkanes) is 1. The minimum Gasteiger partial charge on any atom is -0.393 e. The minimum atomic E-state index is 0.0217. The molecule has 1 N–H and O–H groups in total. The van der Waals surface area contributed by atoms with E-state index in [1.807, 2.05) is 0 Å². The summed E-state index contributed by atoms with van der Waals surface area (Å²) in [5.74, 6) is 0. The maximum Gasteiger partial charge on any atom is 0.0550 e. The lowest BCUT2D eigenvalue weighted by atomic mass is 9.62. The molecule has 1 nitrogen and oxygen atoms in total. The Morgan fingerprint density at radius 2 is 1.83 bits per heavy atom. The molecule has 0 spiro atoms. The molecule has 0 amide bonds. The van der Waals surface area contributed by atoms with Crippen LogP contribution in [0.1, 0.15) is 58.8 Å². The second-order valence-corrected chi connectivity index (χ2v) is 4.42. The highest BCUT2D eigenvalue weighted by Crippen LogP contribution is 2.48. The van der Waals surface area contributed by atoms with E-state index in [0.29, 0.717) is 5.41 Å². The molecule has 72 valence electrons. The molecule has 0 aliphatic heterocycles. The lowest BCUT2D eigenvalue weighted by Crippen LogP contribution is -2.40. The van der Waals surface area contributed by atoms with Crippen LogP contribution >= 0.6 is 0 Å². The van der Waals surface area contributed by atoms with Crippen LogP contribution in [0.15, 0.2) is 0 Å². The van der Waals surface area contributed by atoms with Crippen LogP contribution in [0.3, 0.4) is 0 Å². The first-order valence-electron chi connectivity index (χ1n) is 5.40. The van der Waals surface area contributed by atoms with Crippen molar-refractivity contribution in [3.8, 4) is 0 Å². The first kappa shape index (κ1) is 10.0. The number of rotatable bonds is 5. The highest BCUT2D eigenvalue weighted by Gasteiger charge is 2.41. The molecular formula is C11H22O. The minimum absolute atomic E-state index is 0.0217. The summed E-state index contributed by atoms with van der Waals surface area (Å²) >= 11 is 0. The molecule has 0 heterocycles. The summed E-state index contributed by atoms with van der Waals surface area (Å²) < 4.78 is 0. The molecule has 1 aliphatic rings. The Hall–Kier alpha value is -0.0400. The molecule has 0 aromatic carbocycles. The Labute approximate surface area is 76.2 Å². The van der Waals surface area contributed by atoms with Crippen LogP contribution in [-0.2, 0) is 0 Å². The van der Waals surface area contributed by atoms with Crippen molar-refractivity contribution in [1.29, 1.82) is 0 Å². The zero-order chi connectivity index (χ0) is 9.03. The van der Waals surface area contributed by atoms with Gasteiger partial charge in [0.1, 0.15) is 0 Å². The van der Waals surface area contributed by atoms with Crippen molar-refractivity contribution in [2.75, 3.05) is 0 Å². The second-order valence-electron chi connectivity index (χ2n) is 4.42. The normalized spacial score (nSPS) is 34.8. The van der Waals surface area contributed by atoms with Gasteiger partial charge >= 0.3 is 0 Å². The first-order chi connectivity index (χ1) is 5.72. The molecule has 0 saturated heterocycles. The van der Waals surface area contributed by atoms with Crippen LogP contribution in [0.5, 0.6) is 0 Å². The van der Waals surface area contributed by atoms with Gasteiger partial charge in [0, 0.05) is 0 Å². The third-order valence-corrected chi connectivity index (χ3v) is 3.18. The van der Waals surface area contributed by atoms with E-state index in [2.05, 4.69) is 13.8 Å². The highest BCUT2D eigenvalue weighted by molar-refractivity contribution is 4.93. The Bertz CT molecular complexity index is 119. The zero-order valence-electron chi connectivity index (χ0n) is 8.47. The molecule has 1 saturated carbocycles. The molecule has 0 radical (unpaired) electrons. The molecule has 1 heteroatoms. The Morgan fingerprint density at radius 3 is 2.25 bits per heavy atom. The van der Waals surface area contributed by atoms with Gasteiger partial charge in [0.05, 0.1) is 6.10 Å². The summed E-state index contributed by atoms with van der Waals surface area (Å²) in [5.41, 5.74) is 0.546. The van der Waals surface area contributed by atoms with E-state index >= 15 is 0 Å². The van der Waals surface area contributed by atoms with Gasteiger partial charge in [-0.15, -0.1) is 0 Å². The van der Waals surface area contributed by atoms with Crippen LogP contribution in [0.4, 0.5) is 0 Å². The van der Waals surface area contributed by atoms with E-state index in [9.17, 15) is 5.11 Å². The Balaban J connectivity index is 2.29. The fourth-order valence-corrected chi connectivity index (χ4v) is 2.56. The van der Waals surface area contributed by atoms with Gasteiger partial charge in [0.2, 0.25) is 0 Å². The van der Waals surface area contributed by atoms with Crippen molar-refractivity contribution < 1.29 is 5.11 Å².